The minimum absolute atomic E-state index is 0.0813. The van der Waals surface area contributed by atoms with Crippen LogP contribution >= 0.6 is 11.6 Å². The molecule has 1 aromatic heterocycles. The first-order valence-corrected chi connectivity index (χ1v) is 14.4. The van der Waals surface area contributed by atoms with Crippen LogP contribution in [0.5, 0.6) is 5.75 Å². The van der Waals surface area contributed by atoms with Crippen molar-refractivity contribution in [3.63, 3.8) is 0 Å². The summed E-state index contributed by atoms with van der Waals surface area (Å²) in [5, 5.41) is 4.81. The van der Waals surface area contributed by atoms with Gasteiger partial charge in [0.05, 0.1) is 12.8 Å². The zero-order valence-electron chi connectivity index (χ0n) is 21.5. The van der Waals surface area contributed by atoms with E-state index >= 15 is 0 Å². The van der Waals surface area contributed by atoms with Gasteiger partial charge in [0.2, 0.25) is 0 Å². The molecule has 2 aromatic carbocycles. The van der Waals surface area contributed by atoms with Crippen molar-refractivity contribution in [1.29, 1.82) is 0 Å². The van der Waals surface area contributed by atoms with Crippen LogP contribution in [-0.4, -0.2) is 34.1 Å². The Morgan fingerprint density at radius 1 is 1.08 bits per heavy atom. The third kappa shape index (κ3) is 6.93. The van der Waals surface area contributed by atoms with E-state index in [1.807, 2.05) is 33.1 Å². The molecule has 3 aromatic rings. The highest BCUT2D eigenvalue weighted by molar-refractivity contribution is 7.86. The standard InChI is InChI=1S/C28H32BClN2O4S/c1-19-8-14-24(15-9-19)37(33,34)36-32-22-7-5-3-4-6-21(16-20-10-12-23(35-2)13-11-20)28-25(17-22)27(30)26(29)18-31-28/h8-15,18,21H,3-7,16-17,29H2,1-2H3/b32-22+. The van der Waals surface area contributed by atoms with Crippen molar-refractivity contribution in [2.45, 2.75) is 62.7 Å². The summed E-state index contributed by atoms with van der Waals surface area (Å²) in [6, 6.07) is 14.7. The van der Waals surface area contributed by atoms with E-state index in [0.29, 0.717) is 23.6 Å². The van der Waals surface area contributed by atoms with E-state index in [1.165, 1.54) is 17.7 Å². The zero-order valence-corrected chi connectivity index (χ0v) is 23.1. The van der Waals surface area contributed by atoms with Crippen LogP contribution < -0.4 is 10.2 Å². The number of hydrogen-bond donors (Lipinski definition) is 0. The molecule has 0 bridgehead atoms. The molecule has 9 heteroatoms. The van der Waals surface area contributed by atoms with Crippen molar-refractivity contribution in [1.82, 2.24) is 4.98 Å². The van der Waals surface area contributed by atoms with Crippen molar-refractivity contribution in [3.8, 4) is 5.75 Å². The van der Waals surface area contributed by atoms with Gasteiger partial charge >= 0.3 is 10.1 Å². The number of rotatable bonds is 6. The number of ether oxygens (including phenoxy) is 1. The molecule has 0 saturated carbocycles. The molecule has 1 aliphatic rings. The predicted octanol–water partition coefficient (Wildman–Crippen LogP) is 4.90. The molecular formula is C28H32BClN2O4S. The first kappa shape index (κ1) is 27.2. The van der Waals surface area contributed by atoms with E-state index < -0.39 is 10.1 Å². The Morgan fingerprint density at radius 3 is 2.51 bits per heavy atom. The van der Waals surface area contributed by atoms with Gasteiger partial charge in [-0.3, -0.25) is 9.27 Å². The Balaban J connectivity index is 1.65. The second-order valence-corrected chi connectivity index (χ2v) is 11.6. The Labute approximate surface area is 225 Å². The van der Waals surface area contributed by atoms with Gasteiger partial charge in [-0.1, -0.05) is 64.9 Å². The molecule has 0 spiro atoms. The van der Waals surface area contributed by atoms with Crippen LogP contribution in [0, 0.1) is 6.92 Å². The molecule has 0 saturated heterocycles. The van der Waals surface area contributed by atoms with Crippen LogP contribution in [0.25, 0.3) is 0 Å². The summed E-state index contributed by atoms with van der Waals surface area (Å²) in [6.45, 7) is 1.90. The average molecular weight is 539 g/mol. The number of nitrogens with zero attached hydrogens (tertiary/aromatic N) is 2. The van der Waals surface area contributed by atoms with Crippen molar-refractivity contribution in [3.05, 3.63) is 82.1 Å². The maximum atomic E-state index is 12.8. The molecule has 1 unspecified atom stereocenters. The van der Waals surface area contributed by atoms with Gasteiger partial charge in [-0.05, 0) is 68.0 Å². The highest BCUT2D eigenvalue weighted by atomic mass is 35.5. The molecular weight excluding hydrogens is 507 g/mol. The van der Waals surface area contributed by atoms with Gasteiger partial charge in [0.15, 0.2) is 0 Å². The fourth-order valence-electron chi connectivity index (χ4n) is 4.67. The lowest BCUT2D eigenvalue weighted by Gasteiger charge is -2.23. The third-order valence-corrected chi connectivity index (χ3v) is 8.46. The smallest absolute Gasteiger partial charge is 0.358 e. The van der Waals surface area contributed by atoms with Crippen LogP contribution in [0.2, 0.25) is 5.02 Å². The van der Waals surface area contributed by atoms with Crippen molar-refractivity contribution in [2.24, 2.45) is 5.16 Å². The lowest BCUT2D eigenvalue weighted by Crippen LogP contribution is -2.20. The van der Waals surface area contributed by atoms with Gasteiger partial charge in [0.1, 0.15) is 18.5 Å². The molecule has 6 nitrogen and oxygen atoms in total. The fourth-order valence-corrected chi connectivity index (χ4v) is 5.64. The van der Waals surface area contributed by atoms with E-state index in [1.54, 1.807) is 19.2 Å². The minimum atomic E-state index is -4.01. The van der Waals surface area contributed by atoms with E-state index in [2.05, 4.69) is 17.3 Å². The monoisotopic (exact) mass is 538 g/mol. The predicted molar refractivity (Wildman–Crippen MR) is 151 cm³/mol. The molecule has 0 fully saturated rings. The van der Waals surface area contributed by atoms with E-state index in [4.69, 9.17) is 25.6 Å². The lowest BCUT2D eigenvalue weighted by atomic mass is 9.83. The number of hydrogen-bond acceptors (Lipinski definition) is 6. The van der Waals surface area contributed by atoms with Gasteiger partial charge in [-0.15, -0.1) is 0 Å². The first-order valence-electron chi connectivity index (χ1n) is 12.6. The maximum absolute atomic E-state index is 12.8. The van der Waals surface area contributed by atoms with Crippen LogP contribution in [0.15, 0.2) is 64.8 Å². The van der Waals surface area contributed by atoms with Crippen LogP contribution in [0.3, 0.4) is 0 Å². The molecule has 0 N–H and O–H groups in total. The molecule has 0 amide bonds. The molecule has 0 aliphatic heterocycles. The second kappa shape index (κ2) is 12.1. The number of oxime groups is 1. The molecule has 1 heterocycles. The Kier molecular flexibility index (Phi) is 8.93. The molecule has 194 valence electrons. The van der Waals surface area contributed by atoms with Crippen LogP contribution in [-0.2, 0) is 27.2 Å². The number of halogens is 1. The third-order valence-electron chi connectivity index (χ3n) is 6.82. The Hall–Kier alpha value is -2.84. The van der Waals surface area contributed by atoms with Crippen molar-refractivity contribution >= 4 is 40.7 Å². The quantitative estimate of drug-likeness (QED) is 0.329. The summed E-state index contributed by atoms with van der Waals surface area (Å²) in [7, 11) is -0.418. The van der Waals surface area contributed by atoms with Crippen LogP contribution in [0.1, 0.15) is 60.4 Å². The van der Waals surface area contributed by atoms with Gasteiger partial charge in [0.25, 0.3) is 0 Å². The summed E-state index contributed by atoms with van der Waals surface area (Å²) < 4.78 is 36.0. The van der Waals surface area contributed by atoms with E-state index in [-0.39, 0.29) is 10.8 Å². The lowest BCUT2D eigenvalue weighted by molar-refractivity contribution is 0.336. The molecule has 1 aliphatic carbocycles. The SMILES string of the molecule is Bc1cnc2c(c1Cl)C/C(=N/OS(=O)(=O)c1ccc(C)cc1)CCCCCC2Cc1ccc(OC)cc1. The average Bonchev–Trinajstić information content (AvgIpc) is 2.89. The summed E-state index contributed by atoms with van der Waals surface area (Å²) in [6.07, 6.45) is 7.62. The summed E-state index contributed by atoms with van der Waals surface area (Å²) in [5.41, 5.74) is 5.55. The topological polar surface area (TPSA) is 77.9 Å². The van der Waals surface area contributed by atoms with Crippen LogP contribution in [0.4, 0.5) is 0 Å². The van der Waals surface area contributed by atoms with Gasteiger partial charge < -0.3 is 4.74 Å². The van der Waals surface area contributed by atoms with Crippen molar-refractivity contribution < 1.29 is 17.4 Å². The minimum Gasteiger partial charge on any atom is -0.497 e. The first-order chi connectivity index (χ1) is 17.8. The second-order valence-electron chi connectivity index (χ2n) is 9.64. The number of pyridine rings is 1. The van der Waals surface area contributed by atoms with Gasteiger partial charge in [0, 0.05) is 29.3 Å². The fraction of sp³-hybridized carbons (Fsp3) is 0.357. The number of benzene rings is 2. The largest absolute Gasteiger partial charge is 0.497 e. The summed E-state index contributed by atoms with van der Waals surface area (Å²) in [4.78, 5) is 4.92. The molecule has 4 rings (SSSR count). The van der Waals surface area contributed by atoms with Gasteiger partial charge in [-0.25, -0.2) is 0 Å². The van der Waals surface area contributed by atoms with E-state index in [9.17, 15) is 8.42 Å². The molecule has 37 heavy (non-hydrogen) atoms. The Bertz CT molecular complexity index is 1360. The number of fused-ring (bicyclic) bond motifs is 1. The number of aryl methyl sites for hydroxylation is 1. The van der Waals surface area contributed by atoms with E-state index in [0.717, 1.165) is 60.1 Å². The Morgan fingerprint density at radius 2 is 1.81 bits per heavy atom. The molecule has 0 radical (unpaired) electrons. The maximum Gasteiger partial charge on any atom is 0.358 e. The highest BCUT2D eigenvalue weighted by Gasteiger charge is 2.24. The normalized spacial score (nSPS) is 17.7. The highest BCUT2D eigenvalue weighted by Crippen LogP contribution is 2.33. The number of methoxy groups -OCH3 is 1. The molecule has 1 atom stereocenters. The summed E-state index contributed by atoms with van der Waals surface area (Å²) in [5.74, 6) is 1.01. The zero-order chi connectivity index (χ0) is 26.4. The van der Waals surface area contributed by atoms with Crippen molar-refractivity contribution in [2.75, 3.05) is 7.11 Å². The van der Waals surface area contributed by atoms with Gasteiger partial charge in [-0.2, -0.15) is 8.42 Å². The summed E-state index contributed by atoms with van der Waals surface area (Å²) >= 11 is 6.83. The number of aromatic nitrogens is 1.